The predicted octanol–water partition coefficient (Wildman–Crippen LogP) is 3.31. The van der Waals surface area contributed by atoms with Crippen LogP contribution in [-0.4, -0.2) is 30.6 Å². The lowest BCUT2D eigenvalue weighted by atomic mass is 9.70. The standard InChI is InChI=1S/C18H30N2/c1-15-9-11-18(14-19,13-16(15)2)20(3)12-10-17-7-5-4-6-8-17/h4-8,15-16H,9-14,19H2,1-3H3. The monoisotopic (exact) mass is 274 g/mol. The van der Waals surface area contributed by atoms with Crippen LogP contribution in [0.3, 0.4) is 0 Å². The van der Waals surface area contributed by atoms with Gasteiger partial charge in [0.1, 0.15) is 0 Å². The fourth-order valence-corrected chi connectivity index (χ4v) is 3.55. The molecule has 0 spiro atoms. The van der Waals surface area contributed by atoms with Crippen LogP contribution >= 0.6 is 0 Å². The van der Waals surface area contributed by atoms with E-state index in [0.717, 1.165) is 31.3 Å². The van der Waals surface area contributed by atoms with Gasteiger partial charge in [0.25, 0.3) is 0 Å². The molecule has 2 heteroatoms. The number of nitrogens with two attached hydrogens (primary N) is 1. The first kappa shape index (κ1) is 15.5. The van der Waals surface area contributed by atoms with Crippen molar-refractivity contribution < 1.29 is 0 Å². The second-order valence-corrected chi connectivity index (χ2v) is 6.78. The third-order valence-corrected chi connectivity index (χ3v) is 5.51. The van der Waals surface area contributed by atoms with Crippen molar-refractivity contribution in [2.75, 3.05) is 20.1 Å². The topological polar surface area (TPSA) is 29.3 Å². The second-order valence-electron chi connectivity index (χ2n) is 6.78. The molecule has 1 fully saturated rings. The van der Waals surface area contributed by atoms with Crippen molar-refractivity contribution in [1.29, 1.82) is 0 Å². The number of rotatable bonds is 5. The van der Waals surface area contributed by atoms with Gasteiger partial charge in [-0.2, -0.15) is 0 Å². The van der Waals surface area contributed by atoms with E-state index < -0.39 is 0 Å². The van der Waals surface area contributed by atoms with Crippen molar-refractivity contribution in [2.24, 2.45) is 17.6 Å². The van der Waals surface area contributed by atoms with E-state index in [9.17, 15) is 0 Å². The van der Waals surface area contributed by atoms with Crippen LogP contribution < -0.4 is 5.73 Å². The molecule has 2 N–H and O–H groups in total. The third kappa shape index (κ3) is 3.42. The van der Waals surface area contributed by atoms with Crippen molar-refractivity contribution in [3.8, 4) is 0 Å². The normalized spacial score (nSPS) is 30.6. The van der Waals surface area contributed by atoms with Crippen LogP contribution in [0.2, 0.25) is 0 Å². The van der Waals surface area contributed by atoms with Gasteiger partial charge in [-0.3, -0.25) is 4.90 Å². The van der Waals surface area contributed by atoms with E-state index >= 15 is 0 Å². The molecule has 3 atom stereocenters. The molecule has 20 heavy (non-hydrogen) atoms. The summed E-state index contributed by atoms with van der Waals surface area (Å²) in [6.45, 7) is 6.66. The quantitative estimate of drug-likeness (QED) is 0.892. The summed E-state index contributed by atoms with van der Waals surface area (Å²) in [6, 6.07) is 10.8. The zero-order valence-corrected chi connectivity index (χ0v) is 13.3. The average Bonchev–Trinajstić information content (AvgIpc) is 2.49. The van der Waals surface area contributed by atoms with Gasteiger partial charge < -0.3 is 5.73 Å². The highest BCUT2D eigenvalue weighted by atomic mass is 15.2. The zero-order valence-electron chi connectivity index (χ0n) is 13.3. The third-order valence-electron chi connectivity index (χ3n) is 5.51. The first-order chi connectivity index (χ1) is 9.57. The van der Waals surface area contributed by atoms with Crippen molar-refractivity contribution in [3.63, 3.8) is 0 Å². The Kier molecular flexibility index (Phi) is 5.22. The molecule has 0 bridgehead atoms. The predicted molar refractivity (Wildman–Crippen MR) is 86.7 cm³/mol. The van der Waals surface area contributed by atoms with E-state index in [1.54, 1.807) is 0 Å². The molecule has 2 nitrogen and oxygen atoms in total. The van der Waals surface area contributed by atoms with Crippen LogP contribution in [-0.2, 0) is 6.42 Å². The highest BCUT2D eigenvalue weighted by molar-refractivity contribution is 5.15. The molecule has 0 heterocycles. The molecule has 0 amide bonds. The van der Waals surface area contributed by atoms with Gasteiger partial charge in [0, 0.05) is 18.6 Å². The Hall–Kier alpha value is -0.860. The lowest BCUT2D eigenvalue weighted by Gasteiger charge is -2.48. The lowest BCUT2D eigenvalue weighted by Crippen LogP contribution is -2.56. The van der Waals surface area contributed by atoms with Crippen LogP contribution in [0.1, 0.15) is 38.7 Å². The van der Waals surface area contributed by atoms with Gasteiger partial charge in [-0.25, -0.2) is 0 Å². The summed E-state index contributed by atoms with van der Waals surface area (Å²) in [7, 11) is 2.26. The molecule has 1 aromatic carbocycles. The molecular formula is C18H30N2. The SMILES string of the molecule is CC1CCC(CN)(N(C)CCc2ccccc2)CC1C. The summed E-state index contributed by atoms with van der Waals surface area (Å²) in [6.07, 6.45) is 4.92. The zero-order chi connectivity index (χ0) is 14.6. The van der Waals surface area contributed by atoms with E-state index in [1.807, 2.05) is 0 Å². The van der Waals surface area contributed by atoms with Gasteiger partial charge in [0.05, 0.1) is 0 Å². The minimum absolute atomic E-state index is 0.223. The van der Waals surface area contributed by atoms with Gasteiger partial charge in [0.15, 0.2) is 0 Å². The lowest BCUT2D eigenvalue weighted by molar-refractivity contribution is 0.0412. The van der Waals surface area contributed by atoms with Crippen molar-refractivity contribution in [1.82, 2.24) is 4.90 Å². The molecule has 0 saturated heterocycles. The van der Waals surface area contributed by atoms with Crippen LogP contribution in [0.5, 0.6) is 0 Å². The van der Waals surface area contributed by atoms with Gasteiger partial charge in [-0.05, 0) is 50.1 Å². The highest BCUT2D eigenvalue weighted by Gasteiger charge is 2.39. The van der Waals surface area contributed by atoms with Crippen molar-refractivity contribution >= 4 is 0 Å². The molecule has 1 saturated carbocycles. The summed E-state index contributed by atoms with van der Waals surface area (Å²) in [5.41, 5.74) is 7.82. The van der Waals surface area contributed by atoms with Gasteiger partial charge >= 0.3 is 0 Å². The van der Waals surface area contributed by atoms with Gasteiger partial charge in [-0.1, -0.05) is 44.2 Å². The molecule has 112 valence electrons. The average molecular weight is 274 g/mol. The molecule has 1 aliphatic carbocycles. The Morgan fingerprint density at radius 2 is 1.90 bits per heavy atom. The van der Waals surface area contributed by atoms with Gasteiger partial charge in [-0.15, -0.1) is 0 Å². The summed E-state index contributed by atoms with van der Waals surface area (Å²) >= 11 is 0. The highest BCUT2D eigenvalue weighted by Crippen LogP contribution is 2.38. The molecule has 1 aromatic rings. The molecule has 1 aliphatic rings. The second kappa shape index (κ2) is 6.73. The maximum atomic E-state index is 6.17. The van der Waals surface area contributed by atoms with Gasteiger partial charge in [0.2, 0.25) is 0 Å². The summed E-state index contributed by atoms with van der Waals surface area (Å²) < 4.78 is 0. The molecule has 0 aromatic heterocycles. The molecule has 0 radical (unpaired) electrons. The minimum Gasteiger partial charge on any atom is -0.329 e. The Balaban J connectivity index is 1.97. The van der Waals surface area contributed by atoms with E-state index in [2.05, 4.69) is 56.1 Å². The molecule has 2 rings (SSSR count). The number of benzene rings is 1. The van der Waals surface area contributed by atoms with Crippen LogP contribution in [0, 0.1) is 11.8 Å². The Labute approximate surface area is 124 Å². The molecular weight excluding hydrogens is 244 g/mol. The summed E-state index contributed by atoms with van der Waals surface area (Å²) in [5, 5.41) is 0. The van der Waals surface area contributed by atoms with E-state index in [1.165, 1.54) is 24.8 Å². The smallest absolute Gasteiger partial charge is 0.0331 e. The number of hydrogen-bond donors (Lipinski definition) is 1. The molecule has 0 aliphatic heterocycles. The van der Waals surface area contributed by atoms with E-state index in [-0.39, 0.29) is 5.54 Å². The van der Waals surface area contributed by atoms with Crippen molar-refractivity contribution in [2.45, 2.75) is 45.1 Å². The van der Waals surface area contributed by atoms with E-state index in [4.69, 9.17) is 5.73 Å². The summed E-state index contributed by atoms with van der Waals surface area (Å²) in [5.74, 6) is 1.63. The van der Waals surface area contributed by atoms with Crippen LogP contribution in [0.4, 0.5) is 0 Å². The largest absolute Gasteiger partial charge is 0.329 e. The Bertz CT molecular complexity index is 403. The Morgan fingerprint density at radius 1 is 1.20 bits per heavy atom. The van der Waals surface area contributed by atoms with E-state index in [0.29, 0.717) is 0 Å². The number of hydrogen-bond acceptors (Lipinski definition) is 2. The fraction of sp³-hybridized carbons (Fsp3) is 0.667. The fourth-order valence-electron chi connectivity index (χ4n) is 3.55. The van der Waals surface area contributed by atoms with Crippen molar-refractivity contribution in [3.05, 3.63) is 35.9 Å². The van der Waals surface area contributed by atoms with Crippen LogP contribution in [0.15, 0.2) is 30.3 Å². The Morgan fingerprint density at radius 3 is 2.50 bits per heavy atom. The maximum absolute atomic E-state index is 6.17. The first-order valence-corrected chi connectivity index (χ1v) is 8.02. The maximum Gasteiger partial charge on any atom is 0.0331 e. The van der Waals surface area contributed by atoms with Crippen LogP contribution in [0.25, 0.3) is 0 Å². The molecule has 3 unspecified atom stereocenters. The minimum atomic E-state index is 0.223. The first-order valence-electron chi connectivity index (χ1n) is 8.02. The summed E-state index contributed by atoms with van der Waals surface area (Å²) in [4.78, 5) is 2.53. The number of likely N-dealkylation sites (N-methyl/N-ethyl adjacent to an activating group) is 1. The number of nitrogens with zero attached hydrogens (tertiary/aromatic N) is 1.